The predicted octanol–water partition coefficient (Wildman–Crippen LogP) is 4.81. The first-order valence-electron chi connectivity index (χ1n) is 6.06. The predicted molar refractivity (Wildman–Crippen MR) is 75.1 cm³/mol. The van der Waals surface area contributed by atoms with Crippen molar-refractivity contribution in [1.29, 1.82) is 0 Å². The van der Waals surface area contributed by atoms with E-state index in [1.165, 1.54) is 16.7 Å². The summed E-state index contributed by atoms with van der Waals surface area (Å²) in [6.45, 7) is 4.37. The fourth-order valence-electron chi connectivity index (χ4n) is 1.89. The van der Waals surface area contributed by atoms with Crippen LogP contribution in [-0.2, 0) is 0 Å². The van der Waals surface area contributed by atoms with Crippen molar-refractivity contribution in [2.45, 2.75) is 19.8 Å². The second-order valence-electron chi connectivity index (χ2n) is 4.42. The lowest BCUT2D eigenvalue weighted by atomic mass is 9.99. The van der Waals surface area contributed by atoms with Crippen molar-refractivity contribution >= 4 is 6.08 Å². The van der Waals surface area contributed by atoms with Crippen molar-refractivity contribution in [3.05, 3.63) is 77.4 Å². The zero-order chi connectivity index (χ0) is 12.1. The van der Waals surface area contributed by atoms with Crippen molar-refractivity contribution < 1.29 is 0 Å². The Balaban J connectivity index is 2.14. The van der Waals surface area contributed by atoms with Gasteiger partial charge in [-0.3, -0.25) is 0 Å². The quantitative estimate of drug-likeness (QED) is 0.699. The standard InChI is InChI=1S/C17H18/c1-14-8-6-7-11-17(14)13-12-15(2)16-9-4-3-5-10-16/h3-13,15H,1-2H3. The Hall–Kier alpha value is -1.82. The lowest BCUT2D eigenvalue weighted by Crippen LogP contribution is -1.88. The van der Waals surface area contributed by atoms with Gasteiger partial charge in [-0.15, -0.1) is 0 Å². The molecule has 17 heavy (non-hydrogen) atoms. The van der Waals surface area contributed by atoms with Crippen LogP contribution in [0.2, 0.25) is 0 Å². The van der Waals surface area contributed by atoms with Crippen molar-refractivity contribution in [3.63, 3.8) is 0 Å². The normalized spacial score (nSPS) is 12.8. The van der Waals surface area contributed by atoms with E-state index >= 15 is 0 Å². The zero-order valence-corrected chi connectivity index (χ0v) is 10.4. The molecule has 1 atom stereocenters. The molecule has 0 heteroatoms. The number of aryl methyl sites for hydroxylation is 1. The van der Waals surface area contributed by atoms with Crippen LogP contribution in [0.4, 0.5) is 0 Å². The molecule has 0 aliphatic heterocycles. The molecule has 0 saturated heterocycles. The summed E-state index contributed by atoms with van der Waals surface area (Å²) >= 11 is 0. The highest BCUT2D eigenvalue weighted by molar-refractivity contribution is 5.54. The topological polar surface area (TPSA) is 0 Å². The minimum absolute atomic E-state index is 0.454. The molecule has 86 valence electrons. The van der Waals surface area contributed by atoms with Gasteiger partial charge in [0.1, 0.15) is 0 Å². The van der Waals surface area contributed by atoms with Gasteiger partial charge in [-0.25, -0.2) is 0 Å². The molecule has 2 aromatic carbocycles. The van der Waals surface area contributed by atoms with Gasteiger partial charge in [0.2, 0.25) is 0 Å². The maximum Gasteiger partial charge on any atom is -0.000711 e. The summed E-state index contributed by atoms with van der Waals surface area (Å²) in [5.74, 6) is 0.454. The van der Waals surface area contributed by atoms with E-state index in [9.17, 15) is 0 Å². The van der Waals surface area contributed by atoms with Gasteiger partial charge in [-0.05, 0) is 29.5 Å². The molecule has 0 nitrogen and oxygen atoms in total. The Morgan fingerprint density at radius 2 is 1.53 bits per heavy atom. The van der Waals surface area contributed by atoms with E-state index in [1.54, 1.807) is 0 Å². The maximum atomic E-state index is 2.26. The average Bonchev–Trinajstić information content (AvgIpc) is 2.38. The molecule has 0 spiro atoms. The van der Waals surface area contributed by atoms with Crippen LogP contribution in [0.1, 0.15) is 29.5 Å². The Bertz CT molecular complexity index is 494. The van der Waals surface area contributed by atoms with Gasteiger partial charge < -0.3 is 0 Å². The molecule has 2 aromatic rings. The van der Waals surface area contributed by atoms with Crippen LogP contribution in [0.15, 0.2) is 60.7 Å². The van der Waals surface area contributed by atoms with Crippen LogP contribution in [-0.4, -0.2) is 0 Å². The third-order valence-corrected chi connectivity index (χ3v) is 3.08. The minimum atomic E-state index is 0.454. The van der Waals surface area contributed by atoms with Gasteiger partial charge in [0.05, 0.1) is 0 Å². The third-order valence-electron chi connectivity index (χ3n) is 3.08. The molecule has 0 saturated carbocycles. The highest BCUT2D eigenvalue weighted by Gasteiger charge is 1.99. The summed E-state index contributed by atoms with van der Waals surface area (Å²) in [6, 6.07) is 19.0. The number of hydrogen-bond acceptors (Lipinski definition) is 0. The first-order valence-corrected chi connectivity index (χ1v) is 6.06. The molecule has 0 amide bonds. The van der Waals surface area contributed by atoms with E-state index in [-0.39, 0.29) is 0 Å². The molecule has 2 rings (SSSR count). The minimum Gasteiger partial charge on any atom is -0.0767 e. The molecule has 1 unspecified atom stereocenters. The van der Waals surface area contributed by atoms with Gasteiger partial charge in [-0.1, -0.05) is 73.7 Å². The van der Waals surface area contributed by atoms with Crippen molar-refractivity contribution in [1.82, 2.24) is 0 Å². The van der Waals surface area contributed by atoms with Crippen molar-refractivity contribution in [2.75, 3.05) is 0 Å². The Kier molecular flexibility index (Phi) is 3.77. The second kappa shape index (κ2) is 5.49. The number of rotatable bonds is 3. The van der Waals surface area contributed by atoms with Gasteiger partial charge in [0.15, 0.2) is 0 Å². The molecule has 0 radical (unpaired) electrons. The van der Waals surface area contributed by atoms with E-state index in [0.29, 0.717) is 5.92 Å². The smallest absolute Gasteiger partial charge is 0.000711 e. The highest BCUT2D eigenvalue weighted by Crippen LogP contribution is 2.18. The van der Waals surface area contributed by atoms with Crippen LogP contribution >= 0.6 is 0 Å². The average molecular weight is 222 g/mol. The van der Waals surface area contributed by atoms with Crippen molar-refractivity contribution in [2.24, 2.45) is 0 Å². The van der Waals surface area contributed by atoms with Crippen LogP contribution < -0.4 is 0 Å². The molecule has 0 aromatic heterocycles. The monoisotopic (exact) mass is 222 g/mol. The summed E-state index contributed by atoms with van der Waals surface area (Å²) in [4.78, 5) is 0. The van der Waals surface area contributed by atoms with Crippen LogP contribution in [0, 0.1) is 6.92 Å². The van der Waals surface area contributed by atoms with Gasteiger partial charge in [0, 0.05) is 0 Å². The van der Waals surface area contributed by atoms with E-state index in [2.05, 4.69) is 80.6 Å². The molecule has 0 heterocycles. The SMILES string of the molecule is Cc1ccccc1C=CC(C)c1ccccc1. The largest absolute Gasteiger partial charge is 0.0767 e. The molecular formula is C17H18. The molecule has 0 aliphatic carbocycles. The summed E-state index contributed by atoms with van der Waals surface area (Å²) in [7, 11) is 0. The lowest BCUT2D eigenvalue weighted by molar-refractivity contribution is 0.973. The fourth-order valence-corrected chi connectivity index (χ4v) is 1.89. The lowest BCUT2D eigenvalue weighted by Gasteiger charge is -2.06. The van der Waals surface area contributed by atoms with Gasteiger partial charge in [0.25, 0.3) is 0 Å². The number of hydrogen-bond donors (Lipinski definition) is 0. The fraction of sp³-hybridized carbons (Fsp3) is 0.176. The summed E-state index contributed by atoms with van der Waals surface area (Å²) < 4.78 is 0. The highest BCUT2D eigenvalue weighted by atomic mass is 14.0. The van der Waals surface area contributed by atoms with E-state index in [4.69, 9.17) is 0 Å². The Morgan fingerprint density at radius 1 is 0.882 bits per heavy atom. The number of allylic oxidation sites excluding steroid dienone is 1. The van der Waals surface area contributed by atoms with E-state index in [1.807, 2.05) is 0 Å². The van der Waals surface area contributed by atoms with E-state index < -0.39 is 0 Å². The van der Waals surface area contributed by atoms with Gasteiger partial charge in [-0.2, -0.15) is 0 Å². The summed E-state index contributed by atoms with van der Waals surface area (Å²) in [5.41, 5.74) is 3.98. The van der Waals surface area contributed by atoms with Gasteiger partial charge >= 0.3 is 0 Å². The Labute approximate surface area is 104 Å². The zero-order valence-electron chi connectivity index (χ0n) is 10.4. The first kappa shape index (κ1) is 11.7. The molecule has 0 aliphatic rings. The van der Waals surface area contributed by atoms with Crippen LogP contribution in [0.3, 0.4) is 0 Å². The third kappa shape index (κ3) is 3.07. The summed E-state index contributed by atoms with van der Waals surface area (Å²) in [5, 5.41) is 0. The van der Waals surface area contributed by atoms with Crippen LogP contribution in [0.25, 0.3) is 6.08 Å². The Morgan fingerprint density at radius 3 is 2.24 bits per heavy atom. The van der Waals surface area contributed by atoms with Crippen molar-refractivity contribution in [3.8, 4) is 0 Å². The number of benzene rings is 2. The second-order valence-corrected chi connectivity index (χ2v) is 4.42. The van der Waals surface area contributed by atoms with Crippen LogP contribution in [0.5, 0.6) is 0 Å². The molecule has 0 N–H and O–H groups in total. The molecule has 0 fully saturated rings. The molecule has 0 bridgehead atoms. The molecular weight excluding hydrogens is 204 g/mol. The first-order chi connectivity index (χ1) is 8.27. The van der Waals surface area contributed by atoms with E-state index in [0.717, 1.165) is 0 Å². The summed E-state index contributed by atoms with van der Waals surface area (Å²) in [6.07, 6.45) is 4.48. The maximum absolute atomic E-state index is 2.26.